The first-order valence-corrected chi connectivity index (χ1v) is 6.24. The lowest BCUT2D eigenvalue weighted by Crippen LogP contribution is -2.42. The summed E-state index contributed by atoms with van der Waals surface area (Å²) in [4.78, 5) is 26.8. The molecule has 2 N–H and O–H groups in total. The Bertz CT molecular complexity index is 263. The van der Waals surface area contributed by atoms with E-state index in [9.17, 15) is 9.59 Å². The van der Waals surface area contributed by atoms with Crippen molar-refractivity contribution in [3.63, 3.8) is 0 Å². The second-order valence-corrected chi connectivity index (χ2v) is 4.11. The third-order valence-corrected chi connectivity index (χ3v) is 2.91. The van der Waals surface area contributed by atoms with Gasteiger partial charge in [-0.3, -0.25) is 9.59 Å². The summed E-state index contributed by atoms with van der Waals surface area (Å²) in [5.74, 6) is -0.176. The van der Waals surface area contributed by atoms with Crippen molar-refractivity contribution in [2.24, 2.45) is 5.73 Å². The molecule has 0 rings (SSSR count). The molecule has 0 aromatic rings. The Morgan fingerprint density at radius 1 is 1.22 bits per heavy atom. The molecule has 1 atom stereocenters. The summed E-state index contributed by atoms with van der Waals surface area (Å²) in [7, 11) is 3.14. The van der Waals surface area contributed by atoms with Gasteiger partial charge in [0.15, 0.2) is 0 Å². The van der Waals surface area contributed by atoms with E-state index in [0.29, 0.717) is 19.6 Å². The normalized spacial score (nSPS) is 12.1. The summed E-state index contributed by atoms with van der Waals surface area (Å²) < 4.78 is 5.05. The van der Waals surface area contributed by atoms with Crippen LogP contribution in [-0.4, -0.2) is 68.1 Å². The van der Waals surface area contributed by atoms with Crippen LogP contribution in [0.3, 0.4) is 0 Å². The van der Waals surface area contributed by atoms with E-state index in [4.69, 9.17) is 10.5 Å². The Morgan fingerprint density at radius 2 is 1.78 bits per heavy atom. The number of likely N-dealkylation sites (N-methyl/N-ethyl adjacent to an activating group) is 2. The van der Waals surface area contributed by atoms with Gasteiger partial charge in [-0.2, -0.15) is 0 Å². The minimum Gasteiger partial charge on any atom is -0.380 e. The fourth-order valence-electron chi connectivity index (χ4n) is 1.58. The average Bonchev–Trinajstić information content (AvgIpc) is 2.36. The predicted molar refractivity (Wildman–Crippen MR) is 70.0 cm³/mol. The second-order valence-electron chi connectivity index (χ2n) is 4.11. The maximum atomic E-state index is 11.8. The molecule has 18 heavy (non-hydrogen) atoms. The van der Waals surface area contributed by atoms with Crippen molar-refractivity contribution in [1.82, 2.24) is 9.80 Å². The number of carbonyl (C=O) groups is 2. The van der Waals surface area contributed by atoms with Crippen LogP contribution in [0.4, 0.5) is 0 Å². The third-order valence-electron chi connectivity index (χ3n) is 2.91. The van der Waals surface area contributed by atoms with Crippen LogP contribution in [0.1, 0.15) is 20.3 Å². The Kier molecular flexibility index (Phi) is 8.32. The standard InChI is InChI=1S/C12H25N3O3/c1-5-15(6-2)12(17)9-14(3)11(16)7-10(8-13)18-4/h10H,5-9,13H2,1-4H3. The van der Waals surface area contributed by atoms with Gasteiger partial charge < -0.3 is 20.3 Å². The number of rotatable bonds is 8. The number of nitrogens with zero attached hydrogens (tertiary/aromatic N) is 2. The quantitative estimate of drug-likeness (QED) is 0.648. The highest BCUT2D eigenvalue weighted by Crippen LogP contribution is 2.00. The molecule has 0 aliphatic heterocycles. The van der Waals surface area contributed by atoms with Crippen LogP contribution >= 0.6 is 0 Å². The second kappa shape index (κ2) is 8.88. The minimum absolute atomic E-state index is 0.0439. The highest BCUT2D eigenvalue weighted by Gasteiger charge is 2.19. The van der Waals surface area contributed by atoms with Gasteiger partial charge in [-0.25, -0.2) is 0 Å². The van der Waals surface area contributed by atoms with Crippen molar-refractivity contribution in [3.05, 3.63) is 0 Å². The van der Waals surface area contributed by atoms with Crippen LogP contribution in [-0.2, 0) is 14.3 Å². The zero-order chi connectivity index (χ0) is 14.1. The van der Waals surface area contributed by atoms with E-state index in [1.807, 2.05) is 13.8 Å². The number of amides is 2. The van der Waals surface area contributed by atoms with E-state index in [-0.39, 0.29) is 30.9 Å². The minimum atomic E-state index is -0.288. The third kappa shape index (κ3) is 5.46. The molecule has 0 aromatic heterocycles. The molecule has 0 fully saturated rings. The summed E-state index contributed by atoms with van der Waals surface area (Å²) in [6.45, 7) is 5.53. The SMILES string of the molecule is CCN(CC)C(=O)CN(C)C(=O)CC(CN)OC. The van der Waals surface area contributed by atoms with Crippen LogP contribution in [0.2, 0.25) is 0 Å². The zero-order valence-electron chi connectivity index (χ0n) is 11.8. The Hall–Kier alpha value is -1.14. The molecule has 2 amide bonds. The maximum Gasteiger partial charge on any atom is 0.242 e. The average molecular weight is 259 g/mol. The number of hydrogen-bond donors (Lipinski definition) is 1. The topological polar surface area (TPSA) is 75.9 Å². The Balaban J connectivity index is 4.26. The van der Waals surface area contributed by atoms with E-state index in [2.05, 4.69) is 0 Å². The molecule has 0 aromatic carbocycles. The van der Waals surface area contributed by atoms with E-state index >= 15 is 0 Å². The van der Waals surface area contributed by atoms with Gasteiger partial charge in [0, 0.05) is 33.8 Å². The van der Waals surface area contributed by atoms with Gasteiger partial charge in [-0.05, 0) is 13.8 Å². The number of hydrogen-bond acceptors (Lipinski definition) is 4. The highest BCUT2D eigenvalue weighted by molar-refractivity contribution is 5.84. The largest absolute Gasteiger partial charge is 0.380 e. The number of methoxy groups -OCH3 is 1. The molecule has 0 bridgehead atoms. The van der Waals surface area contributed by atoms with Gasteiger partial charge in [-0.1, -0.05) is 0 Å². The van der Waals surface area contributed by atoms with Gasteiger partial charge in [-0.15, -0.1) is 0 Å². The van der Waals surface area contributed by atoms with Crippen molar-refractivity contribution < 1.29 is 14.3 Å². The monoisotopic (exact) mass is 259 g/mol. The molecule has 0 aliphatic rings. The van der Waals surface area contributed by atoms with Gasteiger partial charge in [0.2, 0.25) is 11.8 Å². The van der Waals surface area contributed by atoms with Crippen molar-refractivity contribution >= 4 is 11.8 Å². The van der Waals surface area contributed by atoms with Crippen LogP contribution in [0, 0.1) is 0 Å². The lowest BCUT2D eigenvalue weighted by Gasteiger charge is -2.24. The van der Waals surface area contributed by atoms with E-state index < -0.39 is 0 Å². The molecule has 0 heterocycles. The molecule has 106 valence electrons. The molecule has 6 heteroatoms. The number of carbonyl (C=O) groups excluding carboxylic acids is 2. The zero-order valence-corrected chi connectivity index (χ0v) is 11.8. The molecule has 0 saturated heterocycles. The first-order chi connectivity index (χ1) is 8.49. The molecule has 0 saturated carbocycles. The highest BCUT2D eigenvalue weighted by atomic mass is 16.5. The fraction of sp³-hybridized carbons (Fsp3) is 0.833. The van der Waals surface area contributed by atoms with Crippen molar-refractivity contribution in [3.8, 4) is 0 Å². The van der Waals surface area contributed by atoms with Crippen LogP contribution in [0.15, 0.2) is 0 Å². The van der Waals surface area contributed by atoms with Gasteiger partial charge >= 0.3 is 0 Å². The number of ether oxygens (including phenoxy) is 1. The summed E-state index contributed by atoms with van der Waals surface area (Å²) in [5.41, 5.74) is 5.45. The predicted octanol–water partition coefficient (Wildman–Crippen LogP) is -0.323. The van der Waals surface area contributed by atoms with Gasteiger partial charge in [0.05, 0.1) is 19.1 Å². The first-order valence-electron chi connectivity index (χ1n) is 6.24. The first kappa shape index (κ1) is 16.9. The Labute approximate surface area is 109 Å². The van der Waals surface area contributed by atoms with Crippen LogP contribution in [0.5, 0.6) is 0 Å². The smallest absolute Gasteiger partial charge is 0.242 e. The van der Waals surface area contributed by atoms with E-state index in [1.165, 1.54) is 12.0 Å². The molecular formula is C12H25N3O3. The molecular weight excluding hydrogens is 234 g/mol. The lowest BCUT2D eigenvalue weighted by molar-refractivity contribution is -0.140. The fourth-order valence-corrected chi connectivity index (χ4v) is 1.58. The van der Waals surface area contributed by atoms with Crippen molar-refractivity contribution in [2.45, 2.75) is 26.4 Å². The summed E-state index contributed by atoms with van der Waals surface area (Å²) in [6.07, 6.45) is -0.0850. The molecule has 0 spiro atoms. The maximum absolute atomic E-state index is 11.8. The molecule has 6 nitrogen and oxygen atoms in total. The Morgan fingerprint density at radius 3 is 2.17 bits per heavy atom. The summed E-state index contributed by atoms with van der Waals surface area (Å²) >= 11 is 0. The van der Waals surface area contributed by atoms with Crippen LogP contribution < -0.4 is 5.73 Å². The van der Waals surface area contributed by atoms with Gasteiger partial charge in [0.1, 0.15) is 0 Å². The van der Waals surface area contributed by atoms with E-state index in [0.717, 1.165) is 0 Å². The molecule has 0 aliphatic carbocycles. The van der Waals surface area contributed by atoms with E-state index in [1.54, 1.807) is 11.9 Å². The molecule has 1 unspecified atom stereocenters. The van der Waals surface area contributed by atoms with Gasteiger partial charge in [0.25, 0.3) is 0 Å². The summed E-state index contributed by atoms with van der Waals surface area (Å²) in [6, 6.07) is 0. The van der Waals surface area contributed by atoms with Crippen molar-refractivity contribution in [2.75, 3.05) is 40.3 Å². The van der Waals surface area contributed by atoms with Crippen molar-refractivity contribution in [1.29, 1.82) is 0 Å². The summed E-state index contributed by atoms with van der Waals surface area (Å²) in [5, 5.41) is 0. The number of nitrogens with two attached hydrogens (primary N) is 1. The van der Waals surface area contributed by atoms with Crippen LogP contribution in [0.25, 0.3) is 0 Å². The molecule has 0 radical (unpaired) electrons. The lowest BCUT2D eigenvalue weighted by atomic mass is 10.2.